The van der Waals surface area contributed by atoms with Crippen LogP contribution >= 0.6 is 0 Å². The van der Waals surface area contributed by atoms with Gasteiger partial charge in [-0.15, -0.1) is 5.10 Å². The van der Waals surface area contributed by atoms with Crippen LogP contribution < -0.4 is 5.32 Å². The van der Waals surface area contributed by atoms with Gasteiger partial charge in [-0.25, -0.2) is 0 Å². The van der Waals surface area contributed by atoms with Crippen molar-refractivity contribution in [2.75, 3.05) is 0 Å². The Morgan fingerprint density at radius 3 is 2.55 bits per heavy atom. The van der Waals surface area contributed by atoms with E-state index < -0.39 is 17.3 Å². The summed E-state index contributed by atoms with van der Waals surface area (Å²) >= 11 is 0. The molecule has 6 nitrogen and oxygen atoms in total. The lowest BCUT2D eigenvalue weighted by molar-refractivity contribution is -0.137. The first-order chi connectivity index (χ1) is 15.5. The molecule has 1 aromatic carbocycles. The zero-order valence-electron chi connectivity index (χ0n) is 18.9. The molecule has 0 bridgehead atoms. The van der Waals surface area contributed by atoms with Gasteiger partial charge in [0.15, 0.2) is 0 Å². The minimum atomic E-state index is -4.41. The zero-order chi connectivity index (χ0) is 23.8. The lowest BCUT2D eigenvalue weighted by Gasteiger charge is -2.40. The van der Waals surface area contributed by atoms with Crippen molar-refractivity contribution in [3.8, 4) is 0 Å². The topological polar surface area (TPSA) is 75.9 Å². The van der Waals surface area contributed by atoms with E-state index >= 15 is 0 Å². The molecule has 33 heavy (non-hydrogen) atoms. The molecule has 0 aliphatic carbocycles. The highest BCUT2D eigenvalue weighted by Crippen LogP contribution is 2.40. The second-order valence-electron chi connectivity index (χ2n) is 9.07. The van der Waals surface area contributed by atoms with Crippen molar-refractivity contribution >= 4 is 0 Å². The number of aliphatic hydroxyl groups is 1. The first-order valence-electron chi connectivity index (χ1n) is 11.0. The number of halogens is 3. The fourth-order valence-corrected chi connectivity index (χ4v) is 4.65. The van der Waals surface area contributed by atoms with E-state index in [2.05, 4.69) is 26.7 Å². The molecule has 3 atom stereocenters. The van der Waals surface area contributed by atoms with Crippen LogP contribution in [-0.4, -0.2) is 31.1 Å². The Hall–Kier alpha value is -2.78. The Balaban J connectivity index is 1.47. The molecule has 3 heterocycles. The number of aromatic nitrogens is 4. The number of aryl methyl sites for hydroxylation is 4. The van der Waals surface area contributed by atoms with Crippen molar-refractivity contribution in [3.05, 3.63) is 76.4 Å². The number of hydrogen-bond acceptors (Lipinski definition) is 5. The van der Waals surface area contributed by atoms with Crippen LogP contribution in [0.5, 0.6) is 0 Å². The molecule has 3 aromatic rings. The molecule has 1 aliphatic heterocycles. The summed E-state index contributed by atoms with van der Waals surface area (Å²) in [5.41, 5.74) is 2.32. The van der Waals surface area contributed by atoms with Crippen molar-refractivity contribution in [1.82, 2.24) is 25.3 Å². The minimum absolute atomic E-state index is 0.0549. The summed E-state index contributed by atoms with van der Waals surface area (Å²) in [5.74, 6) is 0. The number of alkyl halides is 3. The van der Waals surface area contributed by atoms with E-state index in [-0.39, 0.29) is 12.1 Å². The summed E-state index contributed by atoms with van der Waals surface area (Å²) in [7, 11) is 0. The van der Waals surface area contributed by atoms with Gasteiger partial charge in [0.25, 0.3) is 0 Å². The monoisotopic (exact) mass is 459 g/mol. The van der Waals surface area contributed by atoms with Gasteiger partial charge in [0.2, 0.25) is 0 Å². The summed E-state index contributed by atoms with van der Waals surface area (Å²) in [5, 5.41) is 23.3. The molecule has 0 saturated carbocycles. The molecule has 2 N–H and O–H groups in total. The average Bonchev–Trinajstić information content (AvgIpc) is 3.20. The van der Waals surface area contributed by atoms with Gasteiger partial charge < -0.3 is 10.4 Å². The molecular weight excluding hydrogens is 431 g/mol. The SMILES string of the molecule is Cc1cc(C)nc(CCn2cc([C@@H]3CC(O)(c4ccc(C(F)(F)F)cc4)C[C@H](C)N3)nn2)c1. The summed E-state index contributed by atoms with van der Waals surface area (Å²) in [6.45, 7) is 6.57. The molecule has 0 amide bonds. The lowest BCUT2D eigenvalue weighted by atomic mass is 9.78. The van der Waals surface area contributed by atoms with Crippen molar-refractivity contribution in [2.45, 2.75) is 70.4 Å². The normalized spacial score (nSPS) is 23.6. The van der Waals surface area contributed by atoms with Gasteiger partial charge in [0.1, 0.15) is 0 Å². The summed E-state index contributed by atoms with van der Waals surface area (Å²) in [4.78, 5) is 4.55. The number of rotatable bonds is 5. The first-order valence-corrected chi connectivity index (χ1v) is 11.0. The predicted molar refractivity (Wildman–Crippen MR) is 117 cm³/mol. The molecule has 0 radical (unpaired) electrons. The summed E-state index contributed by atoms with van der Waals surface area (Å²) < 4.78 is 40.5. The molecule has 176 valence electrons. The Morgan fingerprint density at radius 2 is 1.88 bits per heavy atom. The van der Waals surface area contributed by atoms with Crippen molar-refractivity contribution in [2.24, 2.45) is 0 Å². The van der Waals surface area contributed by atoms with Crippen LogP contribution in [0, 0.1) is 13.8 Å². The highest BCUT2D eigenvalue weighted by molar-refractivity contribution is 5.30. The number of pyridine rings is 1. The summed E-state index contributed by atoms with van der Waals surface area (Å²) in [6, 6.07) is 8.54. The fraction of sp³-hybridized carbons (Fsp3) is 0.458. The molecule has 2 aromatic heterocycles. The van der Waals surface area contributed by atoms with Crippen LogP contribution in [0.2, 0.25) is 0 Å². The quantitative estimate of drug-likeness (QED) is 0.597. The van der Waals surface area contributed by atoms with Crippen LogP contribution in [0.1, 0.15) is 59.6 Å². The van der Waals surface area contributed by atoms with Crippen molar-refractivity contribution < 1.29 is 18.3 Å². The Morgan fingerprint density at radius 1 is 1.15 bits per heavy atom. The molecule has 0 spiro atoms. The fourth-order valence-electron chi connectivity index (χ4n) is 4.65. The van der Waals surface area contributed by atoms with Crippen LogP contribution in [-0.2, 0) is 24.7 Å². The number of nitrogens with zero attached hydrogens (tertiary/aromatic N) is 4. The number of nitrogens with one attached hydrogen (secondary N) is 1. The molecule has 1 saturated heterocycles. The van der Waals surface area contributed by atoms with Crippen LogP contribution in [0.15, 0.2) is 42.6 Å². The molecule has 1 fully saturated rings. The molecule has 4 rings (SSSR count). The first kappa shape index (κ1) is 23.4. The van der Waals surface area contributed by atoms with E-state index in [1.54, 1.807) is 4.68 Å². The Labute approximate surface area is 190 Å². The van der Waals surface area contributed by atoms with Crippen LogP contribution in [0.25, 0.3) is 0 Å². The molecular formula is C24H28F3N5O. The van der Waals surface area contributed by atoms with E-state index in [1.165, 1.54) is 17.7 Å². The standard InChI is InChI=1S/C24H28F3N5O/c1-15-10-16(2)28-20(11-15)8-9-32-14-22(30-31-32)21-13-23(33,12-17(3)29-21)18-4-6-19(7-5-18)24(25,26)27/h4-7,10-11,14,17,21,29,33H,8-9,12-13H2,1-3H3/t17-,21-,23?/m0/s1. The second-order valence-corrected chi connectivity index (χ2v) is 9.07. The largest absolute Gasteiger partial charge is 0.416 e. The van der Waals surface area contributed by atoms with Crippen LogP contribution in [0.3, 0.4) is 0 Å². The van der Waals surface area contributed by atoms with Crippen molar-refractivity contribution in [1.29, 1.82) is 0 Å². The molecule has 1 aliphatic rings. The van der Waals surface area contributed by atoms with Gasteiger partial charge in [0, 0.05) is 36.8 Å². The van der Waals surface area contributed by atoms with Crippen LogP contribution in [0.4, 0.5) is 13.2 Å². The number of benzene rings is 1. The molecule has 1 unspecified atom stereocenters. The van der Waals surface area contributed by atoms with Gasteiger partial charge in [-0.3, -0.25) is 9.67 Å². The van der Waals surface area contributed by atoms with Gasteiger partial charge in [-0.05, 0) is 62.6 Å². The van der Waals surface area contributed by atoms with E-state index in [0.29, 0.717) is 30.6 Å². The van der Waals surface area contributed by atoms with Gasteiger partial charge in [0.05, 0.1) is 29.1 Å². The van der Waals surface area contributed by atoms with Gasteiger partial charge in [-0.1, -0.05) is 17.3 Å². The maximum Gasteiger partial charge on any atom is 0.416 e. The number of piperidine rings is 1. The minimum Gasteiger partial charge on any atom is -0.385 e. The smallest absolute Gasteiger partial charge is 0.385 e. The second kappa shape index (κ2) is 8.87. The Bertz CT molecular complexity index is 1090. The maximum absolute atomic E-state index is 12.9. The summed E-state index contributed by atoms with van der Waals surface area (Å²) in [6.07, 6.45) is -1.15. The van der Waals surface area contributed by atoms with E-state index in [1.807, 2.05) is 33.0 Å². The lowest BCUT2D eigenvalue weighted by Crippen LogP contribution is -2.47. The van der Waals surface area contributed by atoms with E-state index in [0.717, 1.165) is 29.9 Å². The predicted octanol–water partition coefficient (Wildman–Crippen LogP) is 4.25. The average molecular weight is 460 g/mol. The Kier molecular flexibility index (Phi) is 6.28. The maximum atomic E-state index is 12.9. The van der Waals surface area contributed by atoms with E-state index in [4.69, 9.17) is 0 Å². The van der Waals surface area contributed by atoms with Gasteiger partial charge >= 0.3 is 6.18 Å². The van der Waals surface area contributed by atoms with E-state index in [9.17, 15) is 18.3 Å². The molecule has 9 heteroatoms. The third-order valence-corrected chi connectivity index (χ3v) is 6.08. The zero-order valence-corrected chi connectivity index (χ0v) is 18.9. The van der Waals surface area contributed by atoms with Crippen molar-refractivity contribution in [3.63, 3.8) is 0 Å². The highest BCUT2D eigenvalue weighted by Gasteiger charge is 2.41. The van der Waals surface area contributed by atoms with Gasteiger partial charge in [-0.2, -0.15) is 13.2 Å². The number of hydrogen-bond donors (Lipinski definition) is 2. The third-order valence-electron chi connectivity index (χ3n) is 6.08. The third kappa shape index (κ3) is 5.42. The highest BCUT2D eigenvalue weighted by atomic mass is 19.4.